The Kier molecular flexibility index (Phi) is 6.03. The zero-order valence-corrected chi connectivity index (χ0v) is 26.7. The molecule has 0 saturated carbocycles. The zero-order chi connectivity index (χ0) is 31.8. The molecule has 2 heteroatoms. The Hall–Kier alpha value is -5.83. The third kappa shape index (κ3) is 3.87. The van der Waals surface area contributed by atoms with Crippen molar-refractivity contribution in [3.05, 3.63) is 170 Å². The Balaban J connectivity index is 1.33. The summed E-state index contributed by atoms with van der Waals surface area (Å²) in [5.74, 6) is -0.160. The van der Waals surface area contributed by atoms with Gasteiger partial charge in [-0.1, -0.05) is 158 Å². The highest BCUT2D eigenvalue weighted by Gasteiger charge is 2.22. The summed E-state index contributed by atoms with van der Waals surface area (Å²) in [6.07, 6.45) is 0. The molecule has 48 heavy (non-hydrogen) atoms. The van der Waals surface area contributed by atoms with Crippen LogP contribution >= 0.6 is 11.3 Å². The molecule has 0 N–H and O–H groups in total. The Bertz CT molecular complexity index is 2780. The maximum absolute atomic E-state index is 15.9. The van der Waals surface area contributed by atoms with Gasteiger partial charge in [0.2, 0.25) is 0 Å². The number of fused-ring (bicyclic) bond motifs is 7. The van der Waals surface area contributed by atoms with Crippen LogP contribution in [0.25, 0.3) is 96.6 Å². The maximum Gasteiger partial charge on any atom is 0.138 e. The van der Waals surface area contributed by atoms with E-state index in [0.29, 0.717) is 10.8 Å². The predicted molar refractivity (Wildman–Crippen MR) is 206 cm³/mol. The molecule has 0 nitrogen and oxygen atoms in total. The van der Waals surface area contributed by atoms with E-state index < -0.39 is 0 Å². The van der Waals surface area contributed by atoms with E-state index in [1.165, 1.54) is 64.0 Å². The van der Waals surface area contributed by atoms with Crippen LogP contribution in [0.2, 0.25) is 0 Å². The number of benzene rings is 9. The number of hydrogen-bond acceptors (Lipinski definition) is 1. The van der Waals surface area contributed by atoms with Crippen LogP contribution in [0.1, 0.15) is 0 Å². The van der Waals surface area contributed by atoms with Gasteiger partial charge in [0.15, 0.2) is 0 Å². The first kappa shape index (κ1) is 27.3. The summed E-state index contributed by atoms with van der Waals surface area (Å²) in [4.78, 5) is 0. The van der Waals surface area contributed by atoms with E-state index >= 15 is 4.39 Å². The van der Waals surface area contributed by atoms with Crippen molar-refractivity contribution >= 4 is 74.6 Å². The van der Waals surface area contributed by atoms with E-state index in [9.17, 15) is 0 Å². The van der Waals surface area contributed by atoms with E-state index in [-0.39, 0.29) is 5.82 Å². The minimum atomic E-state index is -0.160. The Morgan fingerprint density at radius 2 is 0.750 bits per heavy atom. The summed E-state index contributed by atoms with van der Waals surface area (Å²) >= 11 is 1.85. The largest absolute Gasteiger partial charge is 0.206 e. The molecule has 0 aliphatic rings. The van der Waals surface area contributed by atoms with Crippen LogP contribution in [0.5, 0.6) is 0 Å². The third-order valence-corrected chi connectivity index (χ3v) is 11.1. The second kappa shape index (κ2) is 10.6. The second-order valence-corrected chi connectivity index (χ2v) is 13.5. The van der Waals surface area contributed by atoms with Crippen molar-refractivity contribution in [3.8, 4) is 33.4 Å². The Morgan fingerprint density at radius 1 is 0.333 bits per heavy atom. The topological polar surface area (TPSA) is 0 Å². The monoisotopic (exact) mass is 630 g/mol. The lowest BCUT2D eigenvalue weighted by Gasteiger charge is -2.18. The van der Waals surface area contributed by atoms with Crippen molar-refractivity contribution in [3.63, 3.8) is 0 Å². The fourth-order valence-electron chi connectivity index (χ4n) is 7.95. The molecule has 0 saturated heterocycles. The molecule has 1 heterocycles. The maximum atomic E-state index is 15.9. The van der Waals surface area contributed by atoms with Gasteiger partial charge in [-0.2, -0.15) is 0 Å². The van der Waals surface area contributed by atoms with Crippen molar-refractivity contribution < 1.29 is 4.39 Å². The van der Waals surface area contributed by atoms with Crippen LogP contribution in [0.3, 0.4) is 0 Å². The Morgan fingerprint density at radius 3 is 1.33 bits per heavy atom. The van der Waals surface area contributed by atoms with E-state index in [0.717, 1.165) is 21.9 Å². The average Bonchev–Trinajstić information content (AvgIpc) is 3.54. The highest BCUT2D eigenvalue weighted by atomic mass is 32.1. The van der Waals surface area contributed by atoms with Gasteiger partial charge < -0.3 is 0 Å². The van der Waals surface area contributed by atoms with Crippen LogP contribution in [0.15, 0.2) is 164 Å². The molecule has 0 atom stereocenters. The molecule has 0 aliphatic carbocycles. The molecule has 9 aromatic carbocycles. The lowest BCUT2D eigenvalue weighted by atomic mass is 9.85. The number of thiophene rings is 1. The molecule has 1 aromatic heterocycles. The van der Waals surface area contributed by atoms with Crippen molar-refractivity contribution in [1.29, 1.82) is 0 Å². The van der Waals surface area contributed by atoms with Crippen molar-refractivity contribution in [1.82, 2.24) is 0 Å². The lowest BCUT2D eigenvalue weighted by Crippen LogP contribution is -1.91. The van der Waals surface area contributed by atoms with Crippen LogP contribution in [-0.4, -0.2) is 0 Å². The second-order valence-electron chi connectivity index (χ2n) is 12.5. The van der Waals surface area contributed by atoms with Gasteiger partial charge in [0.25, 0.3) is 0 Å². The van der Waals surface area contributed by atoms with Gasteiger partial charge in [-0.25, -0.2) is 4.39 Å². The number of halogens is 1. The van der Waals surface area contributed by atoms with E-state index in [1.54, 1.807) is 0 Å². The smallest absolute Gasteiger partial charge is 0.138 e. The molecule has 0 unspecified atom stereocenters. The van der Waals surface area contributed by atoms with Gasteiger partial charge in [0, 0.05) is 36.5 Å². The fourth-order valence-corrected chi connectivity index (χ4v) is 9.20. The zero-order valence-electron chi connectivity index (χ0n) is 25.9. The van der Waals surface area contributed by atoms with Gasteiger partial charge in [0.05, 0.1) is 0 Å². The summed E-state index contributed by atoms with van der Waals surface area (Å²) in [5.41, 5.74) is 7.21. The molecule has 0 radical (unpaired) electrons. The molecule has 224 valence electrons. The summed E-state index contributed by atoms with van der Waals surface area (Å²) in [5, 5.41) is 10.6. The van der Waals surface area contributed by atoms with Crippen LogP contribution < -0.4 is 0 Å². The average molecular weight is 631 g/mol. The summed E-state index contributed by atoms with van der Waals surface area (Å²) in [7, 11) is 0. The number of hydrogen-bond donors (Lipinski definition) is 0. The van der Waals surface area contributed by atoms with Gasteiger partial charge >= 0.3 is 0 Å². The SMILES string of the molecule is Fc1c2ccccc2c(-c2cccc3sc4c(-c5c6ccccc6c(-c6ccccc6)c6ccccc56)cccc4c23)c2ccccc12. The van der Waals surface area contributed by atoms with Crippen molar-refractivity contribution in [2.45, 2.75) is 0 Å². The first-order chi connectivity index (χ1) is 23.8. The third-order valence-electron chi connectivity index (χ3n) is 9.92. The van der Waals surface area contributed by atoms with Crippen LogP contribution in [0.4, 0.5) is 4.39 Å². The first-order valence-electron chi connectivity index (χ1n) is 16.3. The summed E-state index contributed by atoms with van der Waals surface area (Å²) in [6, 6.07) is 57.6. The molecule has 0 amide bonds. The predicted octanol–water partition coefficient (Wildman–Crippen LogP) is 13.8. The fraction of sp³-hybridized carbons (Fsp3) is 0. The van der Waals surface area contributed by atoms with E-state index in [1.807, 2.05) is 47.7 Å². The highest BCUT2D eigenvalue weighted by molar-refractivity contribution is 7.26. The van der Waals surface area contributed by atoms with E-state index in [4.69, 9.17) is 0 Å². The molecule has 0 bridgehead atoms. The van der Waals surface area contributed by atoms with E-state index in [2.05, 4.69) is 127 Å². The molecular weight excluding hydrogens is 604 g/mol. The molecule has 0 spiro atoms. The van der Waals surface area contributed by atoms with Gasteiger partial charge in [-0.15, -0.1) is 11.3 Å². The minimum Gasteiger partial charge on any atom is -0.206 e. The summed E-state index contributed by atoms with van der Waals surface area (Å²) in [6.45, 7) is 0. The van der Waals surface area contributed by atoms with Gasteiger partial charge in [0.1, 0.15) is 5.82 Å². The van der Waals surface area contributed by atoms with Gasteiger partial charge in [-0.05, 0) is 66.2 Å². The molecule has 10 rings (SSSR count). The Labute approximate surface area is 280 Å². The molecular formula is C46H27FS. The lowest BCUT2D eigenvalue weighted by molar-refractivity contribution is 0.651. The number of rotatable bonds is 3. The van der Waals surface area contributed by atoms with Crippen molar-refractivity contribution in [2.75, 3.05) is 0 Å². The standard InChI is InChI=1S/C46H27FS/c47-45-35-22-10-8-20-33(35)42(34-21-9-11-23-36(34)45)37-24-13-27-40-44(37)39-26-12-25-38(46(39)48-40)43-31-18-6-4-16-29(31)41(28-14-2-1-3-15-28)30-17-5-7-19-32(30)43/h1-27H. The summed E-state index contributed by atoms with van der Waals surface area (Å²) < 4.78 is 18.4. The normalized spacial score (nSPS) is 11.9. The molecule has 10 aromatic rings. The molecule has 0 fully saturated rings. The minimum absolute atomic E-state index is 0.160. The van der Waals surface area contributed by atoms with Crippen molar-refractivity contribution in [2.24, 2.45) is 0 Å². The highest BCUT2D eigenvalue weighted by Crippen LogP contribution is 2.50. The van der Waals surface area contributed by atoms with Gasteiger partial charge in [-0.3, -0.25) is 0 Å². The van der Waals surface area contributed by atoms with Crippen LogP contribution in [-0.2, 0) is 0 Å². The first-order valence-corrected chi connectivity index (χ1v) is 17.1. The van der Waals surface area contributed by atoms with Crippen LogP contribution in [0, 0.1) is 5.82 Å². The molecule has 0 aliphatic heterocycles. The quantitative estimate of drug-likeness (QED) is 0.170.